The van der Waals surface area contributed by atoms with Gasteiger partial charge in [0.1, 0.15) is 5.69 Å². The third-order valence-corrected chi connectivity index (χ3v) is 5.72. The van der Waals surface area contributed by atoms with Crippen LogP contribution < -0.4 is 10.7 Å². The van der Waals surface area contributed by atoms with Crippen molar-refractivity contribution in [2.45, 2.75) is 19.9 Å². The second-order valence-corrected chi connectivity index (χ2v) is 8.25. The number of pyridine rings is 1. The lowest BCUT2D eigenvalue weighted by Crippen LogP contribution is -2.37. The van der Waals surface area contributed by atoms with Crippen molar-refractivity contribution in [3.8, 4) is 11.1 Å². The summed E-state index contributed by atoms with van der Waals surface area (Å²) in [6, 6.07) is 5.82. The summed E-state index contributed by atoms with van der Waals surface area (Å²) in [7, 11) is -3.32. The molecule has 0 spiro atoms. The summed E-state index contributed by atoms with van der Waals surface area (Å²) in [5.41, 5.74) is 2.29. The van der Waals surface area contributed by atoms with Crippen molar-refractivity contribution in [3.63, 3.8) is 0 Å². The zero-order chi connectivity index (χ0) is 19.1. The van der Waals surface area contributed by atoms with E-state index in [1.165, 1.54) is 12.3 Å². The molecule has 0 aliphatic carbocycles. The van der Waals surface area contributed by atoms with E-state index in [-0.39, 0.29) is 17.0 Å². The highest BCUT2D eigenvalue weighted by Crippen LogP contribution is 2.19. The molecule has 1 aromatic heterocycles. The predicted molar refractivity (Wildman–Crippen MR) is 97.0 cm³/mol. The lowest BCUT2D eigenvalue weighted by Gasteiger charge is -2.13. The van der Waals surface area contributed by atoms with Gasteiger partial charge in [0.2, 0.25) is 0 Å². The number of amides is 1. The van der Waals surface area contributed by atoms with Crippen LogP contribution in [-0.2, 0) is 9.84 Å². The summed E-state index contributed by atoms with van der Waals surface area (Å²) in [4.78, 5) is 24.7. The number of carbonyl (C=O) groups is 1. The summed E-state index contributed by atoms with van der Waals surface area (Å²) in [6.45, 7) is 3.87. The molecular weight excluding hydrogens is 356 g/mol. The molecular formula is C18H18N2O5S. The van der Waals surface area contributed by atoms with Crippen molar-refractivity contribution in [2.24, 2.45) is 0 Å². The van der Waals surface area contributed by atoms with E-state index >= 15 is 0 Å². The topological polar surface area (TPSA) is 105 Å². The first kappa shape index (κ1) is 17.9. The third-order valence-electron chi connectivity index (χ3n) is 4.33. The molecule has 1 unspecified atom stereocenters. The van der Waals surface area contributed by atoms with E-state index < -0.39 is 27.2 Å². The maximum absolute atomic E-state index is 12.4. The van der Waals surface area contributed by atoms with Gasteiger partial charge in [-0.3, -0.25) is 9.59 Å². The van der Waals surface area contributed by atoms with Gasteiger partial charge >= 0.3 is 0 Å². The van der Waals surface area contributed by atoms with Crippen LogP contribution in [0.2, 0.25) is 0 Å². The average Bonchev–Trinajstić information content (AvgIpc) is 2.90. The fourth-order valence-electron chi connectivity index (χ4n) is 2.73. The van der Waals surface area contributed by atoms with Gasteiger partial charge in [-0.25, -0.2) is 8.42 Å². The number of hydrogen-bond acceptors (Lipinski definition) is 5. The first-order valence-electron chi connectivity index (χ1n) is 7.92. The van der Waals surface area contributed by atoms with Crippen LogP contribution in [0, 0.1) is 13.8 Å². The fourth-order valence-corrected chi connectivity index (χ4v) is 3.96. The van der Waals surface area contributed by atoms with Gasteiger partial charge < -0.3 is 10.5 Å². The van der Waals surface area contributed by atoms with Crippen LogP contribution >= 0.6 is 0 Å². The molecule has 7 nitrogen and oxygen atoms in total. The van der Waals surface area contributed by atoms with Gasteiger partial charge in [0.15, 0.2) is 15.3 Å². The number of hydrogen-bond donors (Lipinski definition) is 2. The van der Waals surface area contributed by atoms with Crippen LogP contribution in [0.5, 0.6) is 0 Å². The van der Waals surface area contributed by atoms with Crippen LogP contribution in [0.4, 0.5) is 0 Å². The van der Waals surface area contributed by atoms with E-state index in [1.807, 2.05) is 26.0 Å². The van der Waals surface area contributed by atoms with E-state index in [1.54, 1.807) is 6.07 Å². The van der Waals surface area contributed by atoms with Gasteiger partial charge in [0.05, 0.1) is 18.0 Å². The van der Waals surface area contributed by atoms with Crippen molar-refractivity contribution >= 4 is 15.7 Å². The molecule has 136 valence electrons. The van der Waals surface area contributed by atoms with E-state index in [9.17, 15) is 23.2 Å². The molecule has 26 heavy (non-hydrogen) atoms. The standard InChI is InChI=1S/C18H18N2O5S/c1-11-3-4-13(7-12(11)2)15-9-20(23)16(8-17(15)21)18(22)19-14-5-6-26(24,25)10-14/h3-9,14,23H,10H2,1-2H3,(H,19,22). The van der Waals surface area contributed by atoms with Gasteiger partial charge in [-0.2, -0.15) is 4.73 Å². The molecule has 2 N–H and O–H groups in total. The zero-order valence-electron chi connectivity index (χ0n) is 14.3. The number of carbonyl (C=O) groups excluding carboxylic acids is 1. The summed E-state index contributed by atoms with van der Waals surface area (Å²) >= 11 is 0. The largest absolute Gasteiger partial charge is 0.428 e. The maximum atomic E-state index is 12.4. The Labute approximate surface area is 150 Å². The molecule has 2 heterocycles. The molecule has 0 saturated heterocycles. The smallest absolute Gasteiger partial charge is 0.271 e. The van der Waals surface area contributed by atoms with Crippen molar-refractivity contribution < 1.29 is 18.4 Å². The molecule has 1 aromatic carbocycles. The number of benzene rings is 1. The first-order valence-corrected chi connectivity index (χ1v) is 9.63. The average molecular weight is 374 g/mol. The van der Waals surface area contributed by atoms with Crippen molar-refractivity contribution in [1.82, 2.24) is 10.0 Å². The van der Waals surface area contributed by atoms with Crippen molar-refractivity contribution in [3.05, 3.63) is 69.0 Å². The van der Waals surface area contributed by atoms with E-state index in [0.717, 1.165) is 22.6 Å². The Morgan fingerprint density at radius 2 is 1.96 bits per heavy atom. The monoisotopic (exact) mass is 374 g/mol. The SMILES string of the molecule is Cc1ccc(-c2cn(O)c(C(=O)NC3C=CS(=O)(=O)C3)cc2=O)cc1C. The van der Waals surface area contributed by atoms with Gasteiger partial charge in [-0.05, 0) is 36.6 Å². The number of nitrogens with one attached hydrogen (secondary N) is 1. The van der Waals surface area contributed by atoms with Gasteiger partial charge in [0.25, 0.3) is 5.91 Å². The Bertz CT molecular complexity index is 1080. The Hall–Kier alpha value is -2.87. The molecule has 0 radical (unpaired) electrons. The number of nitrogens with zero attached hydrogens (tertiary/aromatic N) is 1. The Kier molecular flexibility index (Phi) is 4.45. The predicted octanol–water partition coefficient (Wildman–Crippen LogP) is 1.41. The van der Waals surface area contributed by atoms with Crippen LogP contribution in [0.25, 0.3) is 11.1 Å². The lowest BCUT2D eigenvalue weighted by molar-refractivity contribution is 0.0893. The first-order chi connectivity index (χ1) is 12.2. The van der Waals surface area contributed by atoms with E-state index in [0.29, 0.717) is 10.3 Å². The second kappa shape index (κ2) is 6.45. The maximum Gasteiger partial charge on any atom is 0.271 e. The normalized spacial score (nSPS) is 18.0. The quantitative estimate of drug-likeness (QED) is 0.790. The Morgan fingerprint density at radius 3 is 2.58 bits per heavy atom. The second-order valence-electron chi connectivity index (χ2n) is 6.32. The van der Waals surface area contributed by atoms with Crippen LogP contribution in [0.3, 0.4) is 0 Å². The minimum atomic E-state index is -3.32. The fraction of sp³-hybridized carbons (Fsp3) is 0.222. The van der Waals surface area contributed by atoms with Crippen LogP contribution in [0.1, 0.15) is 21.6 Å². The molecule has 1 atom stereocenters. The molecule has 8 heteroatoms. The van der Waals surface area contributed by atoms with Crippen molar-refractivity contribution in [1.29, 1.82) is 0 Å². The summed E-state index contributed by atoms with van der Waals surface area (Å²) < 4.78 is 23.4. The highest BCUT2D eigenvalue weighted by Gasteiger charge is 2.25. The van der Waals surface area contributed by atoms with Crippen LogP contribution in [0.15, 0.2) is 46.7 Å². The molecule has 0 saturated carbocycles. The summed E-state index contributed by atoms with van der Waals surface area (Å²) in [5, 5.41) is 13.6. The molecule has 0 bridgehead atoms. The summed E-state index contributed by atoms with van der Waals surface area (Å²) in [5.74, 6) is -0.974. The third kappa shape index (κ3) is 3.55. The summed E-state index contributed by atoms with van der Waals surface area (Å²) in [6.07, 6.45) is 2.54. The Balaban J connectivity index is 1.90. The zero-order valence-corrected chi connectivity index (χ0v) is 15.1. The highest BCUT2D eigenvalue weighted by atomic mass is 32.2. The van der Waals surface area contributed by atoms with Crippen molar-refractivity contribution in [2.75, 3.05) is 5.75 Å². The van der Waals surface area contributed by atoms with Gasteiger partial charge in [0, 0.05) is 17.0 Å². The van der Waals surface area contributed by atoms with Crippen LogP contribution in [-0.4, -0.2) is 36.1 Å². The minimum Gasteiger partial charge on any atom is -0.428 e. The minimum absolute atomic E-state index is 0.241. The molecule has 0 fully saturated rings. The number of rotatable bonds is 3. The molecule has 2 aromatic rings. The Morgan fingerprint density at radius 1 is 1.23 bits per heavy atom. The number of aromatic nitrogens is 1. The van der Waals surface area contributed by atoms with E-state index in [2.05, 4.69) is 5.32 Å². The number of sulfone groups is 1. The highest BCUT2D eigenvalue weighted by molar-refractivity contribution is 7.94. The molecule has 1 aliphatic heterocycles. The molecule has 3 rings (SSSR count). The van der Waals surface area contributed by atoms with Gasteiger partial charge in [-0.1, -0.05) is 18.2 Å². The molecule has 1 amide bonds. The number of aryl methyl sites for hydroxylation is 2. The lowest BCUT2D eigenvalue weighted by atomic mass is 10.0. The van der Waals surface area contributed by atoms with E-state index in [4.69, 9.17) is 0 Å². The molecule has 1 aliphatic rings. The van der Waals surface area contributed by atoms with Gasteiger partial charge in [-0.15, -0.1) is 0 Å².